The normalized spacial score (nSPS) is 11.7. The molecule has 1 amide bonds. The average molecular weight is 425 g/mol. The number of rotatable bonds is 9. The van der Waals surface area contributed by atoms with Gasteiger partial charge in [0.2, 0.25) is 0 Å². The maximum atomic E-state index is 13.1. The van der Waals surface area contributed by atoms with Crippen LogP contribution in [-0.2, 0) is 13.2 Å². The van der Waals surface area contributed by atoms with Crippen molar-refractivity contribution in [3.63, 3.8) is 0 Å². The lowest BCUT2D eigenvalue weighted by Gasteiger charge is -2.28. The number of methoxy groups -OCH3 is 1. The summed E-state index contributed by atoms with van der Waals surface area (Å²) >= 11 is 1.56. The van der Waals surface area contributed by atoms with Crippen LogP contribution >= 0.6 is 11.3 Å². The van der Waals surface area contributed by atoms with Crippen molar-refractivity contribution in [2.24, 2.45) is 0 Å². The largest absolute Gasteiger partial charge is 0.497 e. The standard InChI is InChI=1S/C24H28N2O3S/c1-5-18(3)26(24(27)19-9-11-21(28-4)12-10-19)14-20-16-30-23(25-20)15-29-22-8-6-7-17(2)13-22/h6-13,16,18H,5,14-15H2,1-4H3/t18-/m1/s1. The fraction of sp³-hybridized carbons (Fsp3) is 0.333. The van der Waals surface area contributed by atoms with E-state index in [0.717, 1.165) is 34.2 Å². The molecular weight excluding hydrogens is 396 g/mol. The lowest BCUT2D eigenvalue weighted by molar-refractivity contribution is 0.0669. The smallest absolute Gasteiger partial charge is 0.254 e. The van der Waals surface area contributed by atoms with E-state index in [4.69, 9.17) is 9.47 Å². The summed E-state index contributed by atoms with van der Waals surface area (Å²) in [6, 6.07) is 15.3. The quantitative estimate of drug-likeness (QED) is 0.456. The minimum absolute atomic E-state index is 0.00226. The Morgan fingerprint density at radius 1 is 1.17 bits per heavy atom. The number of ether oxygens (including phenoxy) is 2. The summed E-state index contributed by atoms with van der Waals surface area (Å²) in [4.78, 5) is 19.7. The number of aryl methyl sites for hydroxylation is 1. The van der Waals surface area contributed by atoms with Crippen LogP contribution in [0, 0.1) is 6.92 Å². The van der Waals surface area contributed by atoms with Gasteiger partial charge in [-0.15, -0.1) is 11.3 Å². The molecule has 0 unspecified atom stereocenters. The molecule has 1 heterocycles. The minimum atomic E-state index is -0.00226. The molecule has 6 heteroatoms. The molecule has 30 heavy (non-hydrogen) atoms. The Morgan fingerprint density at radius 3 is 2.60 bits per heavy atom. The van der Waals surface area contributed by atoms with E-state index in [-0.39, 0.29) is 11.9 Å². The maximum Gasteiger partial charge on any atom is 0.254 e. The molecule has 0 N–H and O–H groups in total. The molecule has 0 bridgehead atoms. The lowest BCUT2D eigenvalue weighted by atomic mass is 10.1. The van der Waals surface area contributed by atoms with E-state index in [1.807, 2.05) is 53.6 Å². The van der Waals surface area contributed by atoms with Gasteiger partial charge < -0.3 is 14.4 Å². The fourth-order valence-electron chi connectivity index (χ4n) is 3.06. The highest BCUT2D eigenvalue weighted by Crippen LogP contribution is 2.20. The number of benzene rings is 2. The number of carbonyl (C=O) groups is 1. The maximum absolute atomic E-state index is 13.1. The highest BCUT2D eigenvalue weighted by Gasteiger charge is 2.22. The molecule has 0 fully saturated rings. The molecule has 0 aliphatic rings. The lowest BCUT2D eigenvalue weighted by Crippen LogP contribution is -2.37. The Morgan fingerprint density at radius 2 is 1.93 bits per heavy atom. The molecule has 3 rings (SSSR count). The molecule has 0 aliphatic heterocycles. The number of hydrogen-bond acceptors (Lipinski definition) is 5. The van der Waals surface area contributed by atoms with Crippen LogP contribution in [0.2, 0.25) is 0 Å². The molecule has 1 atom stereocenters. The molecule has 158 valence electrons. The van der Waals surface area contributed by atoms with Gasteiger partial charge in [0, 0.05) is 17.0 Å². The second-order valence-electron chi connectivity index (χ2n) is 7.26. The molecule has 0 spiro atoms. The van der Waals surface area contributed by atoms with Crippen LogP contribution in [-0.4, -0.2) is 28.9 Å². The first-order valence-corrected chi connectivity index (χ1v) is 11.0. The van der Waals surface area contributed by atoms with Crippen LogP contribution in [0.3, 0.4) is 0 Å². The van der Waals surface area contributed by atoms with Crippen molar-refractivity contribution in [1.82, 2.24) is 9.88 Å². The molecule has 2 aromatic carbocycles. The third-order valence-electron chi connectivity index (χ3n) is 5.00. The Kier molecular flexibility index (Phi) is 7.46. The molecule has 0 saturated carbocycles. The van der Waals surface area contributed by atoms with E-state index >= 15 is 0 Å². The molecule has 1 aromatic heterocycles. The first-order chi connectivity index (χ1) is 14.5. The van der Waals surface area contributed by atoms with Gasteiger partial charge in [0.15, 0.2) is 0 Å². The van der Waals surface area contributed by atoms with E-state index in [9.17, 15) is 4.79 Å². The summed E-state index contributed by atoms with van der Waals surface area (Å²) < 4.78 is 11.0. The Bertz CT molecular complexity index is 969. The van der Waals surface area contributed by atoms with E-state index in [0.29, 0.717) is 18.7 Å². The van der Waals surface area contributed by atoms with Crippen molar-refractivity contribution < 1.29 is 14.3 Å². The van der Waals surface area contributed by atoms with Crippen LogP contribution < -0.4 is 9.47 Å². The number of amides is 1. The van der Waals surface area contributed by atoms with Gasteiger partial charge in [0.1, 0.15) is 23.1 Å². The molecule has 0 radical (unpaired) electrons. The van der Waals surface area contributed by atoms with Gasteiger partial charge in [-0.05, 0) is 62.2 Å². The average Bonchev–Trinajstić information content (AvgIpc) is 3.23. The van der Waals surface area contributed by atoms with Crippen LogP contribution in [0.15, 0.2) is 53.9 Å². The monoisotopic (exact) mass is 424 g/mol. The zero-order valence-electron chi connectivity index (χ0n) is 17.9. The highest BCUT2D eigenvalue weighted by molar-refractivity contribution is 7.09. The van der Waals surface area contributed by atoms with Gasteiger partial charge in [-0.3, -0.25) is 4.79 Å². The van der Waals surface area contributed by atoms with Crippen molar-refractivity contribution in [2.75, 3.05) is 7.11 Å². The molecule has 5 nitrogen and oxygen atoms in total. The number of aromatic nitrogens is 1. The van der Waals surface area contributed by atoms with E-state index < -0.39 is 0 Å². The van der Waals surface area contributed by atoms with Gasteiger partial charge in [-0.25, -0.2) is 4.98 Å². The third kappa shape index (κ3) is 5.60. The summed E-state index contributed by atoms with van der Waals surface area (Å²) in [6.07, 6.45) is 0.870. The number of carbonyl (C=O) groups excluding carboxylic acids is 1. The van der Waals surface area contributed by atoms with Crippen molar-refractivity contribution in [1.29, 1.82) is 0 Å². The summed E-state index contributed by atoms with van der Waals surface area (Å²) in [5, 5.41) is 2.90. The number of nitrogens with zero attached hydrogens (tertiary/aromatic N) is 2. The third-order valence-corrected chi connectivity index (χ3v) is 5.88. The second-order valence-corrected chi connectivity index (χ2v) is 8.20. The predicted octanol–water partition coefficient (Wildman–Crippen LogP) is 5.48. The zero-order chi connectivity index (χ0) is 21.5. The summed E-state index contributed by atoms with van der Waals surface area (Å²) in [5.41, 5.74) is 2.69. The second kappa shape index (κ2) is 10.3. The first kappa shape index (κ1) is 21.8. The van der Waals surface area contributed by atoms with Gasteiger partial charge in [0.25, 0.3) is 5.91 Å². The minimum Gasteiger partial charge on any atom is -0.497 e. The number of thiazole rings is 1. The van der Waals surface area contributed by atoms with Gasteiger partial charge in [-0.2, -0.15) is 0 Å². The molecule has 0 saturated heterocycles. The summed E-state index contributed by atoms with van der Waals surface area (Å²) in [6.45, 7) is 7.08. The Hall–Kier alpha value is -2.86. The van der Waals surface area contributed by atoms with Gasteiger partial charge in [0.05, 0.1) is 19.3 Å². The van der Waals surface area contributed by atoms with Crippen molar-refractivity contribution in [3.05, 3.63) is 75.7 Å². The van der Waals surface area contributed by atoms with Gasteiger partial charge in [-0.1, -0.05) is 19.1 Å². The van der Waals surface area contributed by atoms with Crippen LogP contribution in [0.25, 0.3) is 0 Å². The van der Waals surface area contributed by atoms with E-state index in [1.165, 1.54) is 0 Å². The first-order valence-electron chi connectivity index (χ1n) is 10.1. The topological polar surface area (TPSA) is 51.7 Å². The Balaban J connectivity index is 1.68. The SMILES string of the molecule is CC[C@@H](C)N(Cc1csc(COc2cccc(C)c2)n1)C(=O)c1ccc(OC)cc1. The van der Waals surface area contributed by atoms with E-state index in [1.54, 1.807) is 30.6 Å². The Labute approximate surface area is 182 Å². The fourth-order valence-corrected chi connectivity index (χ4v) is 3.76. The van der Waals surface area contributed by atoms with Crippen molar-refractivity contribution >= 4 is 17.2 Å². The summed E-state index contributed by atoms with van der Waals surface area (Å²) in [5.74, 6) is 1.57. The predicted molar refractivity (Wildman–Crippen MR) is 120 cm³/mol. The van der Waals surface area contributed by atoms with E-state index in [2.05, 4.69) is 18.8 Å². The number of hydrogen-bond donors (Lipinski definition) is 0. The summed E-state index contributed by atoms with van der Waals surface area (Å²) in [7, 11) is 1.62. The van der Waals surface area contributed by atoms with Crippen LogP contribution in [0.4, 0.5) is 0 Å². The van der Waals surface area contributed by atoms with Crippen LogP contribution in [0.1, 0.15) is 46.9 Å². The molecule has 3 aromatic rings. The molecular formula is C24H28N2O3S. The van der Waals surface area contributed by atoms with Crippen molar-refractivity contribution in [3.8, 4) is 11.5 Å². The highest BCUT2D eigenvalue weighted by atomic mass is 32.1. The van der Waals surface area contributed by atoms with Gasteiger partial charge >= 0.3 is 0 Å². The molecule has 0 aliphatic carbocycles. The van der Waals surface area contributed by atoms with Crippen LogP contribution in [0.5, 0.6) is 11.5 Å². The van der Waals surface area contributed by atoms with Crippen molar-refractivity contribution in [2.45, 2.75) is 46.4 Å². The zero-order valence-corrected chi connectivity index (χ0v) is 18.7.